The van der Waals surface area contributed by atoms with E-state index in [0.717, 1.165) is 37.0 Å². The van der Waals surface area contributed by atoms with Gasteiger partial charge in [-0.05, 0) is 31.0 Å². The van der Waals surface area contributed by atoms with E-state index in [9.17, 15) is 4.39 Å². The van der Waals surface area contributed by atoms with Gasteiger partial charge in [0, 0.05) is 19.0 Å². The van der Waals surface area contributed by atoms with E-state index in [1.807, 2.05) is 0 Å². The van der Waals surface area contributed by atoms with E-state index in [1.165, 1.54) is 12.1 Å². The van der Waals surface area contributed by atoms with Crippen molar-refractivity contribution in [1.82, 2.24) is 0 Å². The van der Waals surface area contributed by atoms with Crippen LogP contribution in [0.3, 0.4) is 0 Å². The molecule has 6 heteroatoms. The molecule has 2 heterocycles. The summed E-state index contributed by atoms with van der Waals surface area (Å²) in [5, 5.41) is 4.41. The predicted molar refractivity (Wildman–Crippen MR) is 77.7 cm³/mol. The van der Waals surface area contributed by atoms with Crippen molar-refractivity contribution in [3.05, 3.63) is 29.0 Å². The summed E-state index contributed by atoms with van der Waals surface area (Å²) < 4.78 is 18.4. The number of amidine groups is 1. The molecule has 2 aliphatic rings. The second kappa shape index (κ2) is 5.31. The van der Waals surface area contributed by atoms with Gasteiger partial charge < -0.3 is 10.1 Å². The Balaban J connectivity index is 1.75. The van der Waals surface area contributed by atoms with Crippen molar-refractivity contribution in [3.63, 3.8) is 0 Å². The number of anilines is 1. The summed E-state index contributed by atoms with van der Waals surface area (Å²) in [6.45, 7) is 1.54. The summed E-state index contributed by atoms with van der Waals surface area (Å²) in [4.78, 5) is 4.77. The third-order valence-electron chi connectivity index (χ3n) is 3.41. The molecule has 0 saturated carbocycles. The summed E-state index contributed by atoms with van der Waals surface area (Å²) >= 11 is 7.68. The molecule has 0 aliphatic carbocycles. The van der Waals surface area contributed by atoms with Gasteiger partial charge in [0.05, 0.1) is 16.2 Å². The lowest BCUT2D eigenvalue weighted by Crippen LogP contribution is -2.34. The summed E-state index contributed by atoms with van der Waals surface area (Å²) in [6, 6.07) is 4.32. The summed E-state index contributed by atoms with van der Waals surface area (Å²) in [6.07, 6.45) is 1.92. The second-order valence-electron chi connectivity index (χ2n) is 4.79. The molecular weight excluding hydrogens is 287 g/mol. The highest BCUT2D eigenvalue weighted by atomic mass is 35.5. The lowest BCUT2D eigenvalue weighted by atomic mass is 9.93. The monoisotopic (exact) mass is 300 g/mol. The molecule has 19 heavy (non-hydrogen) atoms. The number of benzene rings is 1. The molecule has 1 fully saturated rings. The Morgan fingerprint density at radius 2 is 2.16 bits per heavy atom. The van der Waals surface area contributed by atoms with Crippen LogP contribution in [0, 0.1) is 5.82 Å². The number of thioether (sulfide) groups is 1. The van der Waals surface area contributed by atoms with E-state index in [4.69, 9.17) is 21.3 Å². The minimum atomic E-state index is -0.336. The quantitative estimate of drug-likeness (QED) is 0.861. The highest BCUT2D eigenvalue weighted by Crippen LogP contribution is 2.36. The maximum atomic E-state index is 13.0. The van der Waals surface area contributed by atoms with Crippen molar-refractivity contribution in [2.75, 3.05) is 24.3 Å². The lowest BCUT2D eigenvalue weighted by Gasteiger charge is -2.29. The van der Waals surface area contributed by atoms with E-state index < -0.39 is 0 Å². The van der Waals surface area contributed by atoms with Gasteiger partial charge in [-0.1, -0.05) is 23.4 Å². The second-order valence-corrected chi connectivity index (χ2v) is 6.16. The molecule has 102 valence electrons. The molecule has 2 aliphatic heterocycles. The molecule has 0 amide bonds. The lowest BCUT2D eigenvalue weighted by molar-refractivity contribution is 0.0624. The van der Waals surface area contributed by atoms with Gasteiger partial charge in [0.15, 0.2) is 5.17 Å². The van der Waals surface area contributed by atoms with Gasteiger partial charge in [0.1, 0.15) is 5.82 Å². The predicted octanol–water partition coefficient (Wildman–Crippen LogP) is 3.54. The zero-order chi connectivity index (χ0) is 13.3. The van der Waals surface area contributed by atoms with Crippen LogP contribution < -0.4 is 5.32 Å². The number of nitrogens with zero attached hydrogens (tertiary/aromatic N) is 1. The van der Waals surface area contributed by atoms with Crippen LogP contribution in [0.1, 0.15) is 12.8 Å². The normalized spacial score (nSPS) is 21.5. The van der Waals surface area contributed by atoms with Crippen molar-refractivity contribution in [1.29, 1.82) is 0 Å². The zero-order valence-corrected chi connectivity index (χ0v) is 11.9. The minimum absolute atomic E-state index is 0.0117. The third-order valence-corrected chi connectivity index (χ3v) is 4.87. The fraction of sp³-hybridized carbons (Fsp3) is 0.462. The Bertz CT molecular complexity index is 517. The smallest absolute Gasteiger partial charge is 0.161 e. The van der Waals surface area contributed by atoms with Crippen LogP contribution in [0.25, 0.3) is 0 Å². The number of rotatable bonds is 1. The van der Waals surface area contributed by atoms with E-state index >= 15 is 0 Å². The van der Waals surface area contributed by atoms with Crippen molar-refractivity contribution >= 4 is 34.2 Å². The summed E-state index contributed by atoms with van der Waals surface area (Å²) in [5.74, 6) is 0.634. The number of halogens is 2. The molecule has 1 saturated heterocycles. The third kappa shape index (κ3) is 2.88. The van der Waals surface area contributed by atoms with Crippen LogP contribution in [0.15, 0.2) is 23.2 Å². The molecule has 1 aromatic carbocycles. The molecule has 3 rings (SSSR count). The van der Waals surface area contributed by atoms with E-state index in [-0.39, 0.29) is 11.4 Å². The molecular formula is C13H14ClFN2OS. The molecule has 0 aromatic heterocycles. The van der Waals surface area contributed by atoms with Crippen LogP contribution >= 0.6 is 23.4 Å². The van der Waals surface area contributed by atoms with Crippen LogP contribution in [0.4, 0.5) is 10.1 Å². The molecule has 3 nitrogen and oxygen atoms in total. The molecule has 0 radical (unpaired) electrons. The number of aliphatic imine (C=N–C) groups is 1. The van der Waals surface area contributed by atoms with Gasteiger partial charge in [0.2, 0.25) is 0 Å². The van der Waals surface area contributed by atoms with Crippen molar-refractivity contribution in [2.24, 2.45) is 4.99 Å². The fourth-order valence-corrected chi connectivity index (χ4v) is 3.67. The largest absolute Gasteiger partial charge is 0.381 e. The van der Waals surface area contributed by atoms with Gasteiger partial charge in [-0.2, -0.15) is 0 Å². The number of ether oxygens (including phenoxy) is 1. The van der Waals surface area contributed by atoms with Crippen LogP contribution in [0.2, 0.25) is 5.02 Å². The Kier molecular flexibility index (Phi) is 3.69. The zero-order valence-electron chi connectivity index (χ0n) is 10.3. The minimum Gasteiger partial charge on any atom is -0.381 e. The first-order valence-corrected chi connectivity index (χ1v) is 7.56. The first-order chi connectivity index (χ1) is 9.17. The topological polar surface area (TPSA) is 33.6 Å². The van der Waals surface area contributed by atoms with Crippen molar-refractivity contribution in [2.45, 2.75) is 18.4 Å². The highest BCUT2D eigenvalue weighted by Gasteiger charge is 2.37. The molecule has 1 N–H and O–H groups in total. The molecule has 0 unspecified atom stereocenters. The van der Waals surface area contributed by atoms with E-state index in [0.29, 0.717) is 10.7 Å². The standard InChI is InChI=1S/C13H14ClFN2OS/c14-10-7-9(15)1-2-11(10)16-12-17-13(8-19-12)3-5-18-6-4-13/h1-2,7H,3-6,8H2,(H,16,17). The fourth-order valence-electron chi connectivity index (χ4n) is 2.26. The number of hydrogen-bond donors (Lipinski definition) is 1. The maximum absolute atomic E-state index is 13.0. The van der Waals surface area contributed by atoms with Gasteiger partial charge in [-0.25, -0.2) is 4.39 Å². The maximum Gasteiger partial charge on any atom is 0.161 e. The van der Waals surface area contributed by atoms with Gasteiger partial charge in [-0.3, -0.25) is 4.99 Å². The Hall–Kier alpha value is -0.780. The first kappa shape index (κ1) is 13.2. The Morgan fingerprint density at radius 1 is 1.37 bits per heavy atom. The van der Waals surface area contributed by atoms with Crippen LogP contribution in [-0.2, 0) is 4.74 Å². The van der Waals surface area contributed by atoms with Crippen molar-refractivity contribution < 1.29 is 9.13 Å². The van der Waals surface area contributed by atoms with Gasteiger partial charge in [-0.15, -0.1) is 0 Å². The molecule has 1 aromatic rings. The van der Waals surface area contributed by atoms with Crippen molar-refractivity contribution in [3.8, 4) is 0 Å². The number of hydrogen-bond acceptors (Lipinski definition) is 4. The summed E-state index contributed by atoms with van der Waals surface area (Å²) in [5.41, 5.74) is 0.705. The number of nitrogens with one attached hydrogen (secondary N) is 1. The molecule has 0 atom stereocenters. The van der Waals surface area contributed by atoms with E-state index in [1.54, 1.807) is 17.8 Å². The molecule has 0 bridgehead atoms. The Morgan fingerprint density at radius 3 is 2.89 bits per heavy atom. The molecule has 1 spiro atoms. The van der Waals surface area contributed by atoms with Crippen LogP contribution in [-0.4, -0.2) is 29.7 Å². The first-order valence-electron chi connectivity index (χ1n) is 6.19. The van der Waals surface area contributed by atoms with Crippen LogP contribution in [0.5, 0.6) is 0 Å². The van der Waals surface area contributed by atoms with Gasteiger partial charge >= 0.3 is 0 Å². The highest BCUT2D eigenvalue weighted by molar-refractivity contribution is 8.14. The average molecular weight is 301 g/mol. The van der Waals surface area contributed by atoms with Gasteiger partial charge in [0.25, 0.3) is 0 Å². The summed E-state index contributed by atoms with van der Waals surface area (Å²) in [7, 11) is 0. The Labute approximate surface area is 120 Å². The SMILES string of the molecule is Fc1ccc(NC2=NC3(CCOCC3)CS2)c(Cl)c1. The average Bonchev–Trinajstić information content (AvgIpc) is 2.77. The van der Waals surface area contributed by atoms with E-state index in [2.05, 4.69) is 5.32 Å².